The minimum atomic E-state index is -0.172. The molecule has 4 heteroatoms. The summed E-state index contributed by atoms with van der Waals surface area (Å²) in [7, 11) is 0. The predicted molar refractivity (Wildman–Crippen MR) is 64.0 cm³/mol. The van der Waals surface area contributed by atoms with E-state index in [1.54, 1.807) is 6.08 Å². The number of hydrogen-bond acceptors (Lipinski definition) is 3. The van der Waals surface area contributed by atoms with Gasteiger partial charge in [0, 0.05) is 13.1 Å². The van der Waals surface area contributed by atoms with E-state index in [9.17, 15) is 9.90 Å². The number of aliphatic hydroxyl groups excluding tert-OH is 1. The fraction of sp³-hybridized carbons (Fsp3) is 0.750. The van der Waals surface area contributed by atoms with Crippen LogP contribution in [0.25, 0.3) is 0 Å². The highest BCUT2D eigenvalue weighted by atomic mass is 16.3. The second-order valence-corrected chi connectivity index (χ2v) is 4.41. The Morgan fingerprint density at radius 3 is 3.00 bits per heavy atom. The van der Waals surface area contributed by atoms with E-state index < -0.39 is 0 Å². The van der Waals surface area contributed by atoms with Gasteiger partial charge in [-0.2, -0.15) is 0 Å². The van der Waals surface area contributed by atoms with Gasteiger partial charge in [-0.15, -0.1) is 6.58 Å². The van der Waals surface area contributed by atoms with Gasteiger partial charge in [-0.05, 0) is 25.2 Å². The largest absolute Gasteiger partial charge is 0.393 e. The van der Waals surface area contributed by atoms with Crippen molar-refractivity contribution in [3.63, 3.8) is 0 Å². The zero-order chi connectivity index (χ0) is 11.8. The molecule has 0 radical (unpaired) electrons. The number of amides is 1. The maximum Gasteiger partial charge on any atom is 0.233 e. The molecular weight excluding hydrogens is 204 g/mol. The highest BCUT2D eigenvalue weighted by molar-refractivity contribution is 5.77. The standard InChI is InChI=1S/C12H22N2O2/c1-2-6-13-9-12(16)14-8-10-4-3-5-11(15)7-10/h2,10-11,13,15H,1,3-9H2,(H,14,16). The summed E-state index contributed by atoms with van der Waals surface area (Å²) in [5.74, 6) is 0.453. The van der Waals surface area contributed by atoms with Crippen LogP contribution in [0.5, 0.6) is 0 Å². The van der Waals surface area contributed by atoms with E-state index in [2.05, 4.69) is 17.2 Å². The lowest BCUT2D eigenvalue weighted by Crippen LogP contribution is -2.38. The summed E-state index contributed by atoms with van der Waals surface area (Å²) in [5.41, 5.74) is 0. The van der Waals surface area contributed by atoms with Crippen molar-refractivity contribution in [3.05, 3.63) is 12.7 Å². The van der Waals surface area contributed by atoms with Crippen LogP contribution in [0, 0.1) is 5.92 Å². The smallest absolute Gasteiger partial charge is 0.233 e. The summed E-state index contributed by atoms with van der Waals surface area (Å²) in [6.45, 7) is 5.23. The van der Waals surface area contributed by atoms with Crippen LogP contribution < -0.4 is 10.6 Å². The second kappa shape index (κ2) is 7.41. The van der Waals surface area contributed by atoms with Crippen LogP contribution in [-0.2, 0) is 4.79 Å². The van der Waals surface area contributed by atoms with Gasteiger partial charge in [0.25, 0.3) is 0 Å². The fourth-order valence-electron chi connectivity index (χ4n) is 2.06. The van der Waals surface area contributed by atoms with Crippen LogP contribution >= 0.6 is 0 Å². The van der Waals surface area contributed by atoms with Gasteiger partial charge in [0.1, 0.15) is 0 Å². The van der Waals surface area contributed by atoms with Crippen LogP contribution in [0.15, 0.2) is 12.7 Å². The van der Waals surface area contributed by atoms with Gasteiger partial charge in [-0.1, -0.05) is 12.5 Å². The first-order valence-electron chi connectivity index (χ1n) is 5.98. The number of hydrogen-bond donors (Lipinski definition) is 3. The molecule has 16 heavy (non-hydrogen) atoms. The van der Waals surface area contributed by atoms with Gasteiger partial charge in [-0.25, -0.2) is 0 Å². The molecule has 1 rings (SSSR count). The Bertz CT molecular complexity index is 231. The van der Waals surface area contributed by atoms with E-state index in [1.165, 1.54) is 0 Å². The molecule has 1 amide bonds. The number of carbonyl (C=O) groups is 1. The van der Waals surface area contributed by atoms with Crippen LogP contribution in [0.2, 0.25) is 0 Å². The summed E-state index contributed by atoms with van der Waals surface area (Å²) >= 11 is 0. The molecule has 0 saturated heterocycles. The molecule has 0 aromatic heterocycles. The van der Waals surface area contributed by atoms with Crippen molar-refractivity contribution < 1.29 is 9.90 Å². The third kappa shape index (κ3) is 5.28. The molecule has 0 aliphatic heterocycles. The van der Waals surface area contributed by atoms with Gasteiger partial charge in [0.2, 0.25) is 5.91 Å². The first-order chi connectivity index (χ1) is 7.72. The second-order valence-electron chi connectivity index (χ2n) is 4.41. The highest BCUT2D eigenvalue weighted by Crippen LogP contribution is 2.23. The molecule has 0 spiro atoms. The van der Waals surface area contributed by atoms with E-state index in [0.29, 0.717) is 25.6 Å². The molecule has 1 aliphatic carbocycles. The number of aliphatic hydroxyl groups is 1. The average molecular weight is 226 g/mol. The lowest BCUT2D eigenvalue weighted by molar-refractivity contribution is -0.120. The molecule has 2 unspecified atom stereocenters. The van der Waals surface area contributed by atoms with E-state index in [4.69, 9.17) is 0 Å². The number of nitrogens with one attached hydrogen (secondary N) is 2. The van der Waals surface area contributed by atoms with E-state index in [-0.39, 0.29) is 12.0 Å². The summed E-state index contributed by atoms with van der Waals surface area (Å²) in [5, 5.41) is 15.3. The molecule has 3 N–H and O–H groups in total. The Labute approximate surface area is 97.1 Å². The van der Waals surface area contributed by atoms with E-state index in [0.717, 1.165) is 25.7 Å². The minimum absolute atomic E-state index is 0.0157. The summed E-state index contributed by atoms with van der Waals surface area (Å²) < 4.78 is 0. The average Bonchev–Trinajstić information content (AvgIpc) is 2.27. The fourth-order valence-corrected chi connectivity index (χ4v) is 2.06. The Kier molecular flexibility index (Phi) is 6.11. The van der Waals surface area contributed by atoms with Gasteiger partial charge >= 0.3 is 0 Å². The normalized spacial score (nSPS) is 25.1. The molecular formula is C12H22N2O2. The molecule has 4 nitrogen and oxygen atoms in total. The van der Waals surface area contributed by atoms with Gasteiger partial charge in [0.15, 0.2) is 0 Å². The quantitative estimate of drug-likeness (QED) is 0.454. The first-order valence-corrected chi connectivity index (χ1v) is 5.98. The first kappa shape index (κ1) is 13.2. The van der Waals surface area contributed by atoms with Crippen LogP contribution in [0.3, 0.4) is 0 Å². The highest BCUT2D eigenvalue weighted by Gasteiger charge is 2.20. The molecule has 0 heterocycles. The Morgan fingerprint density at radius 2 is 2.31 bits per heavy atom. The van der Waals surface area contributed by atoms with Crippen molar-refractivity contribution in [1.29, 1.82) is 0 Å². The molecule has 0 aromatic carbocycles. The molecule has 0 bridgehead atoms. The Balaban J connectivity index is 2.08. The Hall–Kier alpha value is -0.870. The van der Waals surface area contributed by atoms with Crippen LogP contribution in [-0.4, -0.2) is 36.8 Å². The maximum absolute atomic E-state index is 11.4. The minimum Gasteiger partial charge on any atom is -0.393 e. The molecule has 1 saturated carbocycles. The summed E-state index contributed by atoms with van der Waals surface area (Å²) in [4.78, 5) is 11.4. The third-order valence-corrected chi connectivity index (χ3v) is 2.92. The molecule has 1 aliphatic rings. The lowest BCUT2D eigenvalue weighted by Gasteiger charge is -2.25. The van der Waals surface area contributed by atoms with Crippen LogP contribution in [0.4, 0.5) is 0 Å². The van der Waals surface area contributed by atoms with Crippen molar-refractivity contribution in [1.82, 2.24) is 10.6 Å². The maximum atomic E-state index is 11.4. The third-order valence-electron chi connectivity index (χ3n) is 2.92. The van der Waals surface area contributed by atoms with Crippen molar-refractivity contribution in [2.45, 2.75) is 31.8 Å². The van der Waals surface area contributed by atoms with Gasteiger partial charge in [-0.3, -0.25) is 4.79 Å². The van der Waals surface area contributed by atoms with Crippen molar-refractivity contribution in [3.8, 4) is 0 Å². The van der Waals surface area contributed by atoms with E-state index in [1.807, 2.05) is 0 Å². The zero-order valence-electron chi connectivity index (χ0n) is 9.74. The summed E-state index contributed by atoms with van der Waals surface area (Å²) in [6.07, 6.45) is 5.46. The van der Waals surface area contributed by atoms with Crippen molar-refractivity contribution in [2.75, 3.05) is 19.6 Å². The van der Waals surface area contributed by atoms with Gasteiger partial charge < -0.3 is 15.7 Å². The zero-order valence-corrected chi connectivity index (χ0v) is 9.74. The number of rotatable bonds is 6. The van der Waals surface area contributed by atoms with Crippen molar-refractivity contribution in [2.24, 2.45) is 5.92 Å². The lowest BCUT2D eigenvalue weighted by atomic mass is 9.87. The topological polar surface area (TPSA) is 61.4 Å². The number of carbonyl (C=O) groups excluding carboxylic acids is 1. The van der Waals surface area contributed by atoms with Crippen LogP contribution in [0.1, 0.15) is 25.7 Å². The van der Waals surface area contributed by atoms with Crippen molar-refractivity contribution >= 4 is 5.91 Å². The molecule has 2 atom stereocenters. The van der Waals surface area contributed by atoms with Gasteiger partial charge in [0.05, 0.1) is 12.6 Å². The molecule has 92 valence electrons. The molecule has 0 aromatic rings. The predicted octanol–water partition coefficient (Wildman–Crippen LogP) is 0.429. The monoisotopic (exact) mass is 226 g/mol. The Morgan fingerprint density at radius 1 is 1.50 bits per heavy atom. The molecule has 1 fully saturated rings. The summed E-state index contributed by atoms with van der Waals surface area (Å²) in [6, 6.07) is 0. The van der Waals surface area contributed by atoms with E-state index >= 15 is 0 Å². The SMILES string of the molecule is C=CCNCC(=O)NCC1CCCC(O)C1.